The van der Waals surface area contributed by atoms with Crippen molar-refractivity contribution in [2.45, 2.75) is 0 Å². The Labute approximate surface area is 153 Å². The van der Waals surface area contributed by atoms with E-state index in [1.807, 2.05) is 12.1 Å². The van der Waals surface area contributed by atoms with Gasteiger partial charge in [-0.1, -0.05) is 11.6 Å². The van der Waals surface area contributed by atoms with Crippen molar-refractivity contribution in [1.82, 2.24) is 15.0 Å². The normalized spacial score (nSPS) is 11.0. The Morgan fingerprint density at radius 3 is 2.38 bits per heavy atom. The molecular formula is C19H13ClFN5. The minimum atomic E-state index is -0.378. The first-order valence-electron chi connectivity index (χ1n) is 7.74. The molecule has 4 aromatic rings. The molecule has 0 radical (unpaired) electrons. The molecular weight excluding hydrogens is 353 g/mol. The first kappa shape index (κ1) is 16.2. The molecule has 4 N–H and O–H groups in total. The number of nitrogens with two attached hydrogens (primary N) is 2. The highest BCUT2D eigenvalue weighted by Crippen LogP contribution is 2.32. The van der Waals surface area contributed by atoms with Crippen molar-refractivity contribution < 1.29 is 4.39 Å². The summed E-state index contributed by atoms with van der Waals surface area (Å²) in [4.78, 5) is 12.7. The maximum atomic E-state index is 13.9. The van der Waals surface area contributed by atoms with Crippen LogP contribution in [0.2, 0.25) is 5.02 Å². The second kappa shape index (κ2) is 6.24. The van der Waals surface area contributed by atoms with Crippen LogP contribution in [-0.2, 0) is 0 Å². The third-order valence-corrected chi connectivity index (χ3v) is 4.44. The molecule has 0 atom stereocenters. The molecule has 0 aliphatic rings. The summed E-state index contributed by atoms with van der Waals surface area (Å²) in [5.41, 5.74) is 14.5. The summed E-state index contributed by atoms with van der Waals surface area (Å²) in [6, 6.07) is 9.95. The number of nitrogen functional groups attached to an aromatic ring is 2. The monoisotopic (exact) mass is 365 g/mol. The van der Waals surface area contributed by atoms with Crippen LogP contribution in [-0.4, -0.2) is 15.0 Å². The number of halogens is 2. The number of fused-ring (bicyclic) bond motifs is 1. The molecule has 26 heavy (non-hydrogen) atoms. The number of nitrogens with zero attached hydrogens (tertiary/aromatic N) is 3. The summed E-state index contributed by atoms with van der Waals surface area (Å²) in [6.07, 6.45) is 4.76. The van der Waals surface area contributed by atoms with Crippen molar-refractivity contribution in [3.05, 3.63) is 65.8 Å². The lowest BCUT2D eigenvalue weighted by atomic mass is 10.0. The van der Waals surface area contributed by atoms with Crippen LogP contribution in [0, 0.1) is 5.82 Å². The number of pyridine rings is 3. The van der Waals surface area contributed by atoms with E-state index in [-0.39, 0.29) is 5.82 Å². The molecule has 128 valence electrons. The van der Waals surface area contributed by atoms with Crippen LogP contribution in [0.3, 0.4) is 0 Å². The Balaban J connectivity index is 1.87. The van der Waals surface area contributed by atoms with E-state index in [1.54, 1.807) is 24.5 Å². The minimum Gasteiger partial charge on any atom is -0.384 e. The molecule has 0 saturated carbocycles. The standard InChI is InChI=1S/C19H13ClFN5/c20-15-2-3-16(21)14-9-24-17(6-12(14)15)13-5-11(8-26-19(13)23)10-1-4-18(22)25-7-10/h1-9H,(H2,22,25)(H2,23,26). The molecule has 3 heterocycles. The second-order valence-corrected chi connectivity index (χ2v) is 6.18. The van der Waals surface area contributed by atoms with Crippen molar-refractivity contribution >= 4 is 34.0 Å². The van der Waals surface area contributed by atoms with E-state index in [4.69, 9.17) is 23.1 Å². The molecule has 0 unspecified atom stereocenters. The predicted molar refractivity (Wildman–Crippen MR) is 102 cm³/mol. The minimum absolute atomic E-state index is 0.316. The number of aromatic nitrogens is 3. The molecule has 0 amide bonds. The highest BCUT2D eigenvalue weighted by Gasteiger charge is 2.12. The SMILES string of the molecule is Nc1ccc(-c2cnc(N)c(-c3cc4c(Cl)ccc(F)c4cn3)c2)cn1. The van der Waals surface area contributed by atoms with Crippen LogP contribution in [0.5, 0.6) is 0 Å². The van der Waals surface area contributed by atoms with E-state index >= 15 is 0 Å². The zero-order valence-corrected chi connectivity index (χ0v) is 14.2. The number of anilines is 2. The quantitative estimate of drug-likeness (QED) is 0.552. The topological polar surface area (TPSA) is 90.7 Å². The van der Waals surface area contributed by atoms with Crippen LogP contribution in [0.15, 0.2) is 55.0 Å². The first-order valence-corrected chi connectivity index (χ1v) is 8.12. The number of hydrogen-bond donors (Lipinski definition) is 2. The second-order valence-electron chi connectivity index (χ2n) is 5.77. The average molecular weight is 366 g/mol. The Morgan fingerprint density at radius 1 is 0.808 bits per heavy atom. The van der Waals surface area contributed by atoms with Gasteiger partial charge in [-0.2, -0.15) is 0 Å². The molecule has 0 aliphatic heterocycles. The Kier molecular flexibility index (Phi) is 3.89. The van der Waals surface area contributed by atoms with Gasteiger partial charge < -0.3 is 11.5 Å². The maximum Gasteiger partial charge on any atom is 0.132 e. The van der Waals surface area contributed by atoms with Gasteiger partial charge in [0.25, 0.3) is 0 Å². The zero-order valence-electron chi connectivity index (χ0n) is 13.4. The van der Waals surface area contributed by atoms with E-state index in [9.17, 15) is 4.39 Å². The lowest BCUT2D eigenvalue weighted by Crippen LogP contribution is -1.97. The lowest BCUT2D eigenvalue weighted by molar-refractivity contribution is 0.639. The van der Waals surface area contributed by atoms with Gasteiger partial charge in [-0.3, -0.25) is 4.98 Å². The van der Waals surface area contributed by atoms with Crippen molar-refractivity contribution in [1.29, 1.82) is 0 Å². The highest BCUT2D eigenvalue weighted by atomic mass is 35.5. The first-order chi connectivity index (χ1) is 12.5. The molecule has 4 rings (SSSR count). The summed E-state index contributed by atoms with van der Waals surface area (Å²) in [6.45, 7) is 0. The lowest BCUT2D eigenvalue weighted by Gasteiger charge is -2.09. The van der Waals surface area contributed by atoms with Gasteiger partial charge in [0.15, 0.2) is 0 Å². The van der Waals surface area contributed by atoms with Crippen LogP contribution in [0.4, 0.5) is 16.0 Å². The molecule has 3 aromatic heterocycles. The summed E-state index contributed by atoms with van der Waals surface area (Å²) in [5, 5.41) is 1.36. The molecule has 1 aromatic carbocycles. The van der Waals surface area contributed by atoms with Gasteiger partial charge >= 0.3 is 0 Å². The van der Waals surface area contributed by atoms with Crippen molar-refractivity contribution in [2.24, 2.45) is 0 Å². The Morgan fingerprint density at radius 2 is 1.62 bits per heavy atom. The van der Waals surface area contributed by atoms with Gasteiger partial charge in [-0.25, -0.2) is 14.4 Å². The van der Waals surface area contributed by atoms with Gasteiger partial charge in [0.2, 0.25) is 0 Å². The third-order valence-electron chi connectivity index (χ3n) is 4.11. The fourth-order valence-corrected chi connectivity index (χ4v) is 2.95. The van der Waals surface area contributed by atoms with Gasteiger partial charge in [0.05, 0.1) is 5.69 Å². The van der Waals surface area contributed by atoms with E-state index in [2.05, 4.69) is 15.0 Å². The van der Waals surface area contributed by atoms with Crippen LogP contribution >= 0.6 is 11.6 Å². The van der Waals surface area contributed by atoms with Crippen LogP contribution in [0.25, 0.3) is 33.2 Å². The van der Waals surface area contributed by atoms with E-state index in [0.29, 0.717) is 38.7 Å². The van der Waals surface area contributed by atoms with E-state index in [1.165, 1.54) is 18.3 Å². The van der Waals surface area contributed by atoms with E-state index in [0.717, 1.165) is 11.1 Å². The van der Waals surface area contributed by atoms with Crippen molar-refractivity contribution in [3.63, 3.8) is 0 Å². The summed E-state index contributed by atoms with van der Waals surface area (Å²) >= 11 is 6.21. The summed E-state index contributed by atoms with van der Waals surface area (Å²) < 4.78 is 13.9. The summed E-state index contributed by atoms with van der Waals surface area (Å²) in [5.74, 6) is 0.373. The third kappa shape index (κ3) is 2.80. The van der Waals surface area contributed by atoms with Gasteiger partial charge in [-0.15, -0.1) is 0 Å². The highest BCUT2D eigenvalue weighted by molar-refractivity contribution is 6.35. The largest absolute Gasteiger partial charge is 0.384 e. The van der Waals surface area contributed by atoms with E-state index < -0.39 is 0 Å². The molecule has 0 saturated heterocycles. The summed E-state index contributed by atoms with van der Waals surface area (Å²) in [7, 11) is 0. The Hall–Kier alpha value is -3.25. The van der Waals surface area contributed by atoms with Crippen molar-refractivity contribution in [3.8, 4) is 22.4 Å². The zero-order chi connectivity index (χ0) is 18.3. The Bertz CT molecular complexity index is 1130. The number of hydrogen-bond acceptors (Lipinski definition) is 5. The smallest absolute Gasteiger partial charge is 0.132 e. The molecule has 0 aliphatic carbocycles. The van der Waals surface area contributed by atoms with Crippen LogP contribution < -0.4 is 11.5 Å². The fourth-order valence-electron chi connectivity index (χ4n) is 2.73. The van der Waals surface area contributed by atoms with Gasteiger partial charge in [0, 0.05) is 51.1 Å². The van der Waals surface area contributed by atoms with Gasteiger partial charge in [0.1, 0.15) is 17.5 Å². The molecule has 5 nitrogen and oxygen atoms in total. The molecule has 7 heteroatoms. The molecule has 0 spiro atoms. The fraction of sp³-hybridized carbons (Fsp3) is 0. The number of benzene rings is 1. The molecule has 0 bridgehead atoms. The van der Waals surface area contributed by atoms with Crippen molar-refractivity contribution in [2.75, 3.05) is 11.5 Å². The predicted octanol–water partition coefficient (Wildman–Crippen LogP) is 4.32. The average Bonchev–Trinajstić information content (AvgIpc) is 2.66. The number of rotatable bonds is 2. The molecule has 0 fully saturated rings. The van der Waals surface area contributed by atoms with Gasteiger partial charge in [-0.05, 0) is 36.4 Å². The van der Waals surface area contributed by atoms with Crippen LogP contribution in [0.1, 0.15) is 0 Å². The maximum absolute atomic E-state index is 13.9.